The number of pyridine rings is 1. The first-order valence-corrected chi connectivity index (χ1v) is 5.78. The van der Waals surface area contributed by atoms with Crippen molar-refractivity contribution < 1.29 is 5.06 Å². The number of hydrogen-bond acceptors (Lipinski definition) is 2. The van der Waals surface area contributed by atoms with Crippen molar-refractivity contribution in [2.24, 2.45) is 0 Å². The molecule has 0 amide bonds. The van der Waals surface area contributed by atoms with E-state index in [1.807, 2.05) is 18.3 Å². The second-order valence-corrected chi connectivity index (χ2v) is 4.93. The molecule has 2 aliphatic heterocycles. The van der Waals surface area contributed by atoms with Crippen LogP contribution in [0.4, 0.5) is 0 Å². The van der Waals surface area contributed by atoms with Crippen molar-refractivity contribution in [1.29, 1.82) is 0 Å². The lowest BCUT2D eigenvalue weighted by Crippen LogP contribution is -3.10. The number of quaternary nitrogens is 1. The lowest BCUT2D eigenvalue weighted by Gasteiger charge is -2.23. The van der Waals surface area contributed by atoms with Crippen LogP contribution >= 0.6 is 11.6 Å². The Bertz CT molecular complexity index is 367. The second kappa shape index (κ2) is 3.44. The number of rotatable bonds is 1. The number of nitrogens with zero attached hydrogens (tertiary/aromatic N) is 1. The summed E-state index contributed by atoms with van der Waals surface area (Å²) in [6.07, 6.45) is 5.01. The molecule has 0 radical (unpaired) electrons. The molecule has 2 saturated heterocycles. The van der Waals surface area contributed by atoms with Gasteiger partial charge in [-0.25, -0.2) is 4.98 Å². The van der Waals surface area contributed by atoms with E-state index in [1.165, 1.54) is 5.56 Å². The molecule has 1 unspecified atom stereocenters. The molecule has 1 aromatic heterocycles. The third-order valence-electron chi connectivity index (χ3n) is 3.80. The zero-order valence-electron chi connectivity index (χ0n) is 8.32. The Balaban J connectivity index is 1.87. The summed E-state index contributed by atoms with van der Waals surface area (Å²) in [7, 11) is 0. The standard InChI is InChI=1S/C11H13ClN2O/c12-11-4-1-7(6-13-11)9-5-8-2-3-10(9)14(8)15/h1,4,6,8-10,14H,2-3,5H2/t8-,9+,10+/m0/s1. The Kier molecular flexibility index (Phi) is 2.20. The van der Waals surface area contributed by atoms with E-state index in [4.69, 9.17) is 11.6 Å². The molecule has 1 aromatic rings. The van der Waals surface area contributed by atoms with Crippen LogP contribution in [0.15, 0.2) is 18.3 Å². The molecule has 3 heterocycles. The van der Waals surface area contributed by atoms with Crippen LogP contribution < -0.4 is 5.06 Å². The molecule has 4 heteroatoms. The summed E-state index contributed by atoms with van der Waals surface area (Å²) in [5, 5.41) is 12.8. The fraction of sp³-hybridized carbons (Fsp3) is 0.545. The normalized spacial score (nSPS) is 38.5. The highest BCUT2D eigenvalue weighted by molar-refractivity contribution is 6.29. The second-order valence-electron chi connectivity index (χ2n) is 4.54. The van der Waals surface area contributed by atoms with Crippen LogP contribution in [0.25, 0.3) is 0 Å². The minimum absolute atomic E-state index is 0.262. The maximum atomic E-state index is 11.8. The predicted octanol–water partition coefficient (Wildman–Crippen LogP) is 1.14. The smallest absolute Gasteiger partial charge is 0.129 e. The highest BCUT2D eigenvalue weighted by Crippen LogP contribution is 2.36. The lowest BCUT2D eigenvalue weighted by molar-refractivity contribution is -0.872. The molecule has 1 N–H and O–H groups in total. The molecule has 0 aromatic carbocycles. The number of aromatic nitrogens is 1. The first-order chi connectivity index (χ1) is 7.25. The minimum Gasteiger partial charge on any atom is -0.634 e. The van der Waals surface area contributed by atoms with Gasteiger partial charge < -0.3 is 10.3 Å². The first-order valence-electron chi connectivity index (χ1n) is 5.41. The predicted molar refractivity (Wildman–Crippen MR) is 57.7 cm³/mol. The van der Waals surface area contributed by atoms with Crippen LogP contribution in [0, 0.1) is 5.21 Å². The van der Waals surface area contributed by atoms with Crippen molar-refractivity contribution in [3.8, 4) is 0 Å². The number of nitrogens with one attached hydrogen (secondary N) is 1. The van der Waals surface area contributed by atoms with Gasteiger partial charge in [-0.1, -0.05) is 17.7 Å². The van der Waals surface area contributed by atoms with Gasteiger partial charge >= 0.3 is 0 Å². The topological polar surface area (TPSA) is 40.4 Å². The van der Waals surface area contributed by atoms with Gasteiger partial charge in [-0.2, -0.15) is 0 Å². The Hall–Kier alpha value is -0.640. The SMILES string of the molecule is [O-][NH+]1[C@H]2CC[C@@H]1[C@@H](c1ccc(Cl)nc1)C2. The van der Waals surface area contributed by atoms with Gasteiger partial charge in [0, 0.05) is 31.4 Å². The Morgan fingerprint density at radius 2 is 2.27 bits per heavy atom. The highest BCUT2D eigenvalue weighted by atomic mass is 35.5. The summed E-state index contributed by atoms with van der Waals surface area (Å²) >= 11 is 5.75. The average molecular weight is 225 g/mol. The van der Waals surface area contributed by atoms with Gasteiger partial charge in [0.15, 0.2) is 0 Å². The molecule has 80 valence electrons. The highest BCUT2D eigenvalue weighted by Gasteiger charge is 2.47. The number of hydrogen-bond donors (Lipinski definition) is 1. The monoisotopic (exact) mass is 224 g/mol. The maximum Gasteiger partial charge on any atom is 0.129 e. The van der Waals surface area contributed by atoms with Gasteiger partial charge in [0.2, 0.25) is 0 Å². The van der Waals surface area contributed by atoms with Gasteiger partial charge in [-0.3, -0.25) is 0 Å². The van der Waals surface area contributed by atoms with Crippen LogP contribution in [0.3, 0.4) is 0 Å². The van der Waals surface area contributed by atoms with E-state index in [0.717, 1.165) is 19.3 Å². The van der Waals surface area contributed by atoms with Crippen molar-refractivity contribution in [2.75, 3.05) is 0 Å². The molecule has 15 heavy (non-hydrogen) atoms. The van der Waals surface area contributed by atoms with Gasteiger partial charge in [0.05, 0.1) is 12.1 Å². The lowest BCUT2D eigenvalue weighted by atomic mass is 9.85. The molecular formula is C11H13ClN2O. The van der Waals surface area contributed by atoms with E-state index in [9.17, 15) is 5.21 Å². The van der Waals surface area contributed by atoms with E-state index < -0.39 is 0 Å². The summed E-state index contributed by atoms with van der Waals surface area (Å²) in [6, 6.07) is 4.41. The average Bonchev–Trinajstić information content (AvgIpc) is 2.75. The summed E-state index contributed by atoms with van der Waals surface area (Å²) in [5.41, 5.74) is 1.18. The fourth-order valence-electron chi connectivity index (χ4n) is 3.05. The Labute approximate surface area is 93.6 Å². The molecule has 2 aliphatic rings. The van der Waals surface area contributed by atoms with Crippen molar-refractivity contribution in [1.82, 2.24) is 4.98 Å². The zero-order chi connectivity index (χ0) is 10.4. The van der Waals surface area contributed by atoms with Crippen LogP contribution in [-0.2, 0) is 0 Å². The summed E-state index contributed by atoms with van der Waals surface area (Å²) in [4.78, 5) is 4.09. The van der Waals surface area contributed by atoms with E-state index in [1.54, 1.807) is 0 Å². The third-order valence-corrected chi connectivity index (χ3v) is 4.02. The molecule has 0 aliphatic carbocycles. The Morgan fingerprint density at radius 1 is 1.40 bits per heavy atom. The van der Waals surface area contributed by atoms with Crippen LogP contribution in [0.1, 0.15) is 30.7 Å². The molecule has 0 saturated carbocycles. The van der Waals surface area contributed by atoms with E-state index in [2.05, 4.69) is 4.98 Å². The molecule has 0 spiro atoms. The Morgan fingerprint density at radius 3 is 2.80 bits per heavy atom. The summed E-state index contributed by atoms with van der Waals surface area (Å²) in [5.74, 6) is 0.404. The van der Waals surface area contributed by atoms with Crippen molar-refractivity contribution >= 4 is 11.6 Å². The van der Waals surface area contributed by atoms with E-state index in [-0.39, 0.29) is 6.04 Å². The van der Waals surface area contributed by atoms with Crippen molar-refractivity contribution in [2.45, 2.75) is 37.3 Å². The first kappa shape index (κ1) is 9.58. The minimum atomic E-state index is 0.262. The molecule has 2 fully saturated rings. The van der Waals surface area contributed by atoms with Gasteiger partial charge in [-0.15, -0.1) is 0 Å². The molecule has 3 nitrogen and oxygen atoms in total. The number of halogens is 1. The molecule has 4 atom stereocenters. The zero-order valence-corrected chi connectivity index (χ0v) is 9.07. The molecule has 3 rings (SSSR count). The van der Waals surface area contributed by atoms with Crippen LogP contribution in [0.5, 0.6) is 0 Å². The maximum absolute atomic E-state index is 11.8. The van der Waals surface area contributed by atoms with Crippen molar-refractivity contribution in [3.63, 3.8) is 0 Å². The van der Waals surface area contributed by atoms with E-state index >= 15 is 0 Å². The largest absolute Gasteiger partial charge is 0.634 e. The van der Waals surface area contributed by atoms with Crippen LogP contribution in [-0.4, -0.2) is 17.1 Å². The van der Waals surface area contributed by atoms with Gasteiger partial charge in [-0.05, 0) is 11.6 Å². The third kappa shape index (κ3) is 1.46. The number of hydroxylamine groups is 2. The van der Waals surface area contributed by atoms with Crippen molar-refractivity contribution in [3.05, 3.63) is 34.3 Å². The quantitative estimate of drug-likeness (QED) is 0.574. The van der Waals surface area contributed by atoms with E-state index in [0.29, 0.717) is 22.2 Å². The van der Waals surface area contributed by atoms with Gasteiger partial charge in [0.25, 0.3) is 0 Å². The van der Waals surface area contributed by atoms with Gasteiger partial charge in [0.1, 0.15) is 5.15 Å². The fourth-order valence-corrected chi connectivity index (χ4v) is 3.16. The molecule has 2 bridgehead atoms. The number of fused-ring (bicyclic) bond motifs is 2. The summed E-state index contributed by atoms with van der Waals surface area (Å²) < 4.78 is 0. The van der Waals surface area contributed by atoms with Crippen LogP contribution in [0.2, 0.25) is 5.15 Å². The molecular weight excluding hydrogens is 212 g/mol. The summed E-state index contributed by atoms with van der Waals surface area (Å²) in [6.45, 7) is 0.